The first-order valence-electron chi connectivity index (χ1n) is 12.6. The molecule has 6 N–H and O–H groups in total. The van der Waals surface area contributed by atoms with E-state index < -0.39 is 16.2 Å². The molecule has 0 fully saturated rings. The lowest BCUT2D eigenvalue weighted by Crippen LogP contribution is -2.28. The lowest BCUT2D eigenvalue weighted by molar-refractivity contribution is -0.144. The number of carbonyl (C=O) groups excluding carboxylic acids is 1. The Morgan fingerprint density at radius 1 is 0.853 bits per heavy atom. The summed E-state index contributed by atoms with van der Waals surface area (Å²) < 4.78 is 34.6. The van der Waals surface area contributed by atoms with Crippen LogP contribution in [0.15, 0.2) is 29.2 Å². The van der Waals surface area contributed by atoms with Crippen molar-refractivity contribution >= 4 is 16.1 Å². The summed E-state index contributed by atoms with van der Waals surface area (Å²) >= 11 is 0. The predicted molar refractivity (Wildman–Crippen MR) is 141 cm³/mol. The van der Waals surface area contributed by atoms with Crippen molar-refractivity contribution in [3.63, 3.8) is 0 Å². The lowest BCUT2D eigenvalue weighted by atomic mass is 10.0. The average Bonchev–Trinajstić information content (AvgIpc) is 2.76. The van der Waals surface area contributed by atoms with Crippen LogP contribution in [0.5, 0.6) is 0 Å². The van der Waals surface area contributed by atoms with E-state index >= 15 is 0 Å². The van der Waals surface area contributed by atoms with E-state index in [0.29, 0.717) is 6.61 Å². The van der Waals surface area contributed by atoms with Crippen LogP contribution in [0.3, 0.4) is 0 Å². The van der Waals surface area contributed by atoms with Crippen molar-refractivity contribution < 1.29 is 22.5 Å². The third-order valence-electron chi connectivity index (χ3n) is 5.43. The van der Waals surface area contributed by atoms with Crippen LogP contribution in [0.25, 0.3) is 0 Å². The first-order valence-corrected chi connectivity index (χ1v) is 14.1. The smallest absolute Gasteiger partial charge is 0.322 e. The topological polar surface area (TPSA) is 142 Å². The van der Waals surface area contributed by atoms with Gasteiger partial charge in [0, 0.05) is 0 Å². The van der Waals surface area contributed by atoms with Gasteiger partial charge in [0.15, 0.2) is 0 Å². The molecule has 0 saturated heterocycles. The zero-order valence-corrected chi connectivity index (χ0v) is 22.6. The van der Waals surface area contributed by atoms with Crippen LogP contribution in [-0.2, 0) is 19.6 Å². The number of rotatable bonds is 17. The molecule has 0 aliphatic carbocycles. The van der Waals surface area contributed by atoms with Crippen LogP contribution in [0.1, 0.15) is 109 Å². The van der Waals surface area contributed by atoms with Gasteiger partial charge in [-0.3, -0.25) is 9.35 Å². The number of hydrogen-bond donors (Lipinski definition) is 3. The molecule has 0 saturated carbocycles. The monoisotopic (exact) mass is 502 g/mol. The standard InChI is InChI=1S/C19H39NO2.C7H8O3S.H3N/c1-3-4-5-6-7-8-9-10-11-12-13-14-15-16-17-22-19(21)18(2)20;1-6-2-4-7(5-3-6)11(8,9)10;/h18H,3-17,20H2,1-2H3;2-5H,1H3,(H,8,9,10);1H3/t18-;;/m0../s1. The first-order chi connectivity index (χ1) is 15.7. The van der Waals surface area contributed by atoms with E-state index in [9.17, 15) is 13.2 Å². The Morgan fingerprint density at radius 3 is 1.59 bits per heavy atom. The predicted octanol–water partition coefficient (Wildman–Crippen LogP) is 6.76. The van der Waals surface area contributed by atoms with Crippen molar-refractivity contribution in [2.75, 3.05) is 6.61 Å². The Kier molecular flexibility index (Phi) is 22.5. The van der Waals surface area contributed by atoms with Crippen LogP contribution < -0.4 is 11.9 Å². The molecule has 0 spiro atoms. The second-order valence-corrected chi connectivity index (χ2v) is 10.3. The number of aryl methyl sites for hydroxylation is 1. The first kappa shape index (κ1) is 34.7. The largest absolute Gasteiger partial charge is 0.465 e. The summed E-state index contributed by atoms with van der Waals surface area (Å²) in [6.07, 6.45) is 18.7. The van der Waals surface area contributed by atoms with Gasteiger partial charge in [0.05, 0.1) is 11.5 Å². The number of benzene rings is 1. The average molecular weight is 503 g/mol. The molecule has 0 aliphatic heterocycles. The molecule has 1 rings (SSSR count). The Morgan fingerprint density at radius 2 is 1.24 bits per heavy atom. The number of ether oxygens (including phenoxy) is 1. The van der Waals surface area contributed by atoms with Crippen molar-refractivity contribution in [3.05, 3.63) is 29.8 Å². The second-order valence-electron chi connectivity index (χ2n) is 8.84. The third-order valence-corrected chi connectivity index (χ3v) is 6.30. The van der Waals surface area contributed by atoms with Gasteiger partial charge in [-0.15, -0.1) is 0 Å². The molecule has 200 valence electrons. The molecule has 0 radical (unpaired) electrons. The van der Waals surface area contributed by atoms with Gasteiger partial charge in [0.2, 0.25) is 0 Å². The minimum atomic E-state index is -4.02. The molecule has 1 aromatic carbocycles. The normalized spacial score (nSPS) is 11.7. The zero-order valence-electron chi connectivity index (χ0n) is 21.8. The zero-order chi connectivity index (χ0) is 25.0. The number of carbonyl (C=O) groups is 1. The van der Waals surface area contributed by atoms with Crippen molar-refractivity contribution in [1.82, 2.24) is 6.15 Å². The van der Waals surface area contributed by atoms with E-state index in [1.54, 1.807) is 19.1 Å². The fraction of sp³-hybridized carbons (Fsp3) is 0.731. The molecule has 0 aliphatic rings. The molecule has 0 bridgehead atoms. The summed E-state index contributed by atoms with van der Waals surface area (Å²) in [5, 5.41) is 0. The maximum Gasteiger partial charge on any atom is 0.322 e. The summed E-state index contributed by atoms with van der Waals surface area (Å²) in [5.74, 6) is -0.283. The highest BCUT2D eigenvalue weighted by Crippen LogP contribution is 2.13. The molecule has 7 nitrogen and oxygen atoms in total. The Balaban J connectivity index is 0. The molecular formula is C26H50N2O5S. The quantitative estimate of drug-likeness (QED) is 0.121. The van der Waals surface area contributed by atoms with Gasteiger partial charge < -0.3 is 16.6 Å². The number of esters is 1. The molecule has 34 heavy (non-hydrogen) atoms. The number of nitrogens with two attached hydrogens (primary N) is 1. The highest BCUT2D eigenvalue weighted by molar-refractivity contribution is 7.85. The molecule has 0 unspecified atom stereocenters. The molecule has 0 aromatic heterocycles. The van der Waals surface area contributed by atoms with E-state index in [2.05, 4.69) is 6.92 Å². The maximum atomic E-state index is 11.1. The number of unbranched alkanes of at least 4 members (excludes halogenated alkanes) is 13. The van der Waals surface area contributed by atoms with E-state index in [-0.39, 0.29) is 17.0 Å². The van der Waals surface area contributed by atoms with Gasteiger partial charge in [0.25, 0.3) is 10.1 Å². The highest BCUT2D eigenvalue weighted by Gasteiger charge is 2.07. The molecule has 0 heterocycles. The molecule has 0 amide bonds. The Labute approximate surface area is 208 Å². The fourth-order valence-electron chi connectivity index (χ4n) is 3.31. The number of hydrogen-bond acceptors (Lipinski definition) is 6. The van der Waals surface area contributed by atoms with Gasteiger partial charge >= 0.3 is 5.97 Å². The van der Waals surface area contributed by atoms with Crippen molar-refractivity contribution in [2.24, 2.45) is 5.73 Å². The van der Waals surface area contributed by atoms with Gasteiger partial charge in [0.1, 0.15) is 6.04 Å². The van der Waals surface area contributed by atoms with Gasteiger partial charge in [-0.1, -0.05) is 108 Å². The summed E-state index contributed by atoms with van der Waals surface area (Å²) in [6, 6.07) is 5.49. The van der Waals surface area contributed by atoms with Crippen molar-refractivity contribution in [2.45, 2.75) is 122 Å². The third kappa shape index (κ3) is 21.1. The van der Waals surface area contributed by atoms with E-state index in [1.807, 2.05) is 6.92 Å². The molecule has 1 atom stereocenters. The van der Waals surface area contributed by atoms with Crippen LogP contribution in [0.4, 0.5) is 0 Å². The highest BCUT2D eigenvalue weighted by atomic mass is 32.2. The second kappa shape index (κ2) is 22.0. The summed E-state index contributed by atoms with van der Waals surface area (Å²) in [6.45, 7) is 6.30. The van der Waals surface area contributed by atoms with Gasteiger partial charge in [-0.25, -0.2) is 0 Å². The molecule has 1 aromatic rings. The minimum absolute atomic E-state index is 0. The Hall–Kier alpha value is -1.48. The summed E-state index contributed by atoms with van der Waals surface area (Å²) in [5.41, 5.74) is 6.38. The van der Waals surface area contributed by atoms with Crippen LogP contribution in [-0.4, -0.2) is 31.6 Å². The summed E-state index contributed by atoms with van der Waals surface area (Å²) in [7, 11) is -4.02. The lowest BCUT2D eigenvalue weighted by Gasteiger charge is -2.06. The summed E-state index contributed by atoms with van der Waals surface area (Å²) in [4.78, 5) is 11.1. The van der Waals surface area contributed by atoms with Crippen LogP contribution in [0, 0.1) is 6.92 Å². The molecular weight excluding hydrogens is 452 g/mol. The van der Waals surface area contributed by atoms with E-state index in [1.165, 1.54) is 89.2 Å². The van der Waals surface area contributed by atoms with E-state index in [0.717, 1.165) is 18.4 Å². The van der Waals surface area contributed by atoms with Crippen LogP contribution in [0.2, 0.25) is 0 Å². The molecule has 8 heteroatoms. The maximum absolute atomic E-state index is 11.1. The SMILES string of the molecule is CCCCCCCCCCCCCCCCOC(=O)[C@H](C)N.Cc1ccc(S(=O)(=O)O)cc1.N. The van der Waals surface area contributed by atoms with Crippen molar-refractivity contribution in [3.8, 4) is 0 Å². The van der Waals surface area contributed by atoms with Gasteiger partial charge in [-0.05, 0) is 32.4 Å². The van der Waals surface area contributed by atoms with Gasteiger partial charge in [-0.2, -0.15) is 8.42 Å². The fourth-order valence-corrected chi connectivity index (χ4v) is 3.79. The Bertz CT molecular complexity index is 706. The van der Waals surface area contributed by atoms with Crippen molar-refractivity contribution in [1.29, 1.82) is 0 Å². The van der Waals surface area contributed by atoms with Crippen LogP contribution >= 0.6 is 0 Å². The van der Waals surface area contributed by atoms with E-state index in [4.69, 9.17) is 15.0 Å². The minimum Gasteiger partial charge on any atom is -0.465 e.